The Morgan fingerprint density at radius 2 is 1.86 bits per heavy atom. The molecule has 1 saturated heterocycles. The number of Topliss-reactive ketones (excluding diaryl/α,β-unsaturated/α-hetero) is 1. The highest BCUT2D eigenvalue weighted by Crippen LogP contribution is 2.51. The van der Waals surface area contributed by atoms with E-state index in [-0.39, 0.29) is 38.0 Å². The molecule has 3 aromatic rings. The van der Waals surface area contributed by atoms with E-state index in [1.54, 1.807) is 24.3 Å². The minimum Gasteiger partial charge on any atom is -0.454 e. The number of hydrogen-bond acceptors (Lipinski definition) is 7. The predicted octanol–water partition coefficient (Wildman–Crippen LogP) is 3.71. The summed E-state index contributed by atoms with van der Waals surface area (Å²) in [6.07, 6.45) is 3.23. The molecular formula is C28H30N2O6S. The molecule has 1 aliphatic carbocycles. The molecule has 1 atom stereocenters. The second-order valence-electron chi connectivity index (χ2n) is 9.88. The van der Waals surface area contributed by atoms with Crippen LogP contribution in [0.2, 0.25) is 0 Å². The van der Waals surface area contributed by atoms with Gasteiger partial charge in [0.1, 0.15) is 5.78 Å². The number of benzene rings is 2. The van der Waals surface area contributed by atoms with Crippen LogP contribution < -0.4 is 9.47 Å². The van der Waals surface area contributed by atoms with E-state index in [1.807, 2.05) is 36.4 Å². The largest absolute Gasteiger partial charge is 0.454 e. The maximum Gasteiger partial charge on any atom is 0.243 e. The fraction of sp³-hybridized carbons (Fsp3) is 0.357. The number of aromatic nitrogens is 1. The van der Waals surface area contributed by atoms with Crippen molar-refractivity contribution in [2.75, 3.05) is 19.9 Å². The molecule has 2 fully saturated rings. The molecule has 0 unspecified atom stereocenters. The molecule has 3 heterocycles. The molecule has 2 aromatic carbocycles. The summed E-state index contributed by atoms with van der Waals surface area (Å²) in [7, 11) is -3.67. The number of pyridine rings is 1. The van der Waals surface area contributed by atoms with Gasteiger partial charge >= 0.3 is 0 Å². The summed E-state index contributed by atoms with van der Waals surface area (Å²) in [5, 5.41) is 9.53. The summed E-state index contributed by atoms with van der Waals surface area (Å²) >= 11 is 0. The van der Waals surface area contributed by atoms with Crippen LogP contribution in [0.1, 0.15) is 38.4 Å². The number of aliphatic hydroxyl groups is 1. The van der Waals surface area contributed by atoms with E-state index in [9.17, 15) is 18.3 Å². The summed E-state index contributed by atoms with van der Waals surface area (Å²) in [4.78, 5) is 18.3. The van der Waals surface area contributed by atoms with Crippen molar-refractivity contribution in [1.82, 2.24) is 9.29 Å². The molecule has 1 N–H and O–H groups in total. The quantitative estimate of drug-likeness (QED) is 0.481. The van der Waals surface area contributed by atoms with Crippen LogP contribution in [0.15, 0.2) is 65.6 Å². The Bertz CT molecular complexity index is 1460. The van der Waals surface area contributed by atoms with E-state index in [1.165, 1.54) is 4.31 Å². The van der Waals surface area contributed by atoms with Crippen LogP contribution in [-0.4, -0.2) is 54.6 Å². The van der Waals surface area contributed by atoms with Crippen molar-refractivity contribution in [3.63, 3.8) is 0 Å². The zero-order valence-corrected chi connectivity index (χ0v) is 21.1. The van der Waals surface area contributed by atoms with E-state index in [2.05, 4.69) is 0 Å². The van der Waals surface area contributed by atoms with E-state index in [0.29, 0.717) is 35.9 Å². The average Bonchev–Trinajstić information content (AvgIpc) is 3.35. The van der Waals surface area contributed by atoms with Gasteiger partial charge in [0.2, 0.25) is 16.8 Å². The number of sulfonamides is 1. The first-order valence-electron chi connectivity index (χ1n) is 12.5. The summed E-state index contributed by atoms with van der Waals surface area (Å²) in [6, 6.07) is 17.6. The van der Waals surface area contributed by atoms with Gasteiger partial charge in [-0.05, 0) is 67.6 Å². The molecule has 37 heavy (non-hydrogen) atoms. The van der Waals surface area contributed by atoms with Gasteiger partial charge in [-0.2, -0.15) is 4.31 Å². The number of hydrogen-bond donors (Lipinski definition) is 1. The van der Waals surface area contributed by atoms with Crippen LogP contribution in [0.3, 0.4) is 0 Å². The lowest BCUT2D eigenvalue weighted by Gasteiger charge is -2.22. The van der Waals surface area contributed by atoms with Gasteiger partial charge in [0.25, 0.3) is 0 Å². The van der Waals surface area contributed by atoms with Gasteiger partial charge in [-0.1, -0.05) is 24.3 Å². The third kappa shape index (κ3) is 4.31. The molecule has 0 amide bonds. The van der Waals surface area contributed by atoms with Gasteiger partial charge in [-0.3, -0.25) is 9.78 Å². The van der Waals surface area contributed by atoms with Gasteiger partial charge < -0.3 is 14.6 Å². The molecule has 194 valence electrons. The second-order valence-corrected chi connectivity index (χ2v) is 11.8. The first-order chi connectivity index (χ1) is 17.9. The lowest BCUT2D eigenvalue weighted by molar-refractivity contribution is -0.120. The Labute approximate surface area is 217 Å². The number of carbonyl (C=O) groups excluding carboxylic acids is 1. The highest BCUT2D eigenvalue weighted by molar-refractivity contribution is 7.89. The Morgan fingerprint density at radius 1 is 1.08 bits per heavy atom. The highest BCUT2D eigenvalue weighted by Gasteiger charge is 2.51. The summed E-state index contributed by atoms with van der Waals surface area (Å²) < 4.78 is 38.4. The van der Waals surface area contributed by atoms with E-state index >= 15 is 0 Å². The molecule has 1 saturated carbocycles. The standard InChI is InChI=1S/C28H28N2O6S.H2/c31-17-22-4-2-14-30(22)37(33,34)23-9-6-19(7-10-23)24-5-1-3-21(29-24)16-27(32)28(12-13-28)20-8-11-25-26(15-20)36-18-35-25;/h1,3,5-11,15,22,31H,2,4,12-14,16-18H2;1H/t22-;/m1./s1. The van der Waals surface area contributed by atoms with Crippen LogP contribution in [0.4, 0.5) is 0 Å². The van der Waals surface area contributed by atoms with Gasteiger partial charge in [0.05, 0.1) is 22.6 Å². The highest BCUT2D eigenvalue weighted by atomic mass is 32.2. The molecule has 0 radical (unpaired) electrons. The summed E-state index contributed by atoms with van der Waals surface area (Å²) in [5.74, 6) is 1.51. The fourth-order valence-electron chi connectivity index (χ4n) is 5.36. The van der Waals surface area contributed by atoms with E-state index in [0.717, 1.165) is 30.4 Å². The van der Waals surface area contributed by atoms with Crippen LogP contribution >= 0.6 is 0 Å². The number of aliphatic hydroxyl groups excluding tert-OH is 1. The maximum atomic E-state index is 13.4. The lowest BCUT2D eigenvalue weighted by Crippen LogP contribution is -2.37. The monoisotopic (exact) mass is 522 g/mol. The van der Waals surface area contributed by atoms with Crippen molar-refractivity contribution < 1.29 is 29.2 Å². The molecule has 0 spiro atoms. The summed E-state index contributed by atoms with van der Waals surface area (Å²) in [5.41, 5.74) is 2.57. The maximum absolute atomic E-state index is 13.4. The third-order valence-electron chi connectivity index (χ3n) is 7.65. The number of ketones is 1. The Balaban J connectivity index is 0.00000294. The van der Waals surface area contributed by atoms with E-state index in [4.69, 9.17) is 14.5 Å². The van der Waals surface area contributed by atoms with Crippen LogP contribution in [-0.2, 0) is 26.7 Å². The predicted molar refractivity (Wildman–Crippen MR) is 138 cm³/mol. The Kier molecular flexibility index (Phi) is 6.01. The molecule has 2 aliphatic heterocycles. The van der Waals surface area contributed by atoms with Crippen LogP contribution in [0, 0.1) is 0 Å². The number of fused-ring (bicyclic) bond motifs is 1. The van der Waals surface area contributed by atoms with Crippen LogP contribution in [0.5, 0.6) is 11.5 Å². The van der Waals surface area contributed by atoms with Crippen molar-refractivity contribution >= 4 is 15.8 Å². The average molecular weight is 523 g/mol. The van der Waals surface area contributed by atoms with Crippen LogP contribution in [0.25, 0.3) is 11.3 Å². The smallest absolute Gasteiger partial charge is 0.243 e. The molecule has 9 heteroatoms. The normalized spacial score (nSPS) is 20.2. The van der Waals surface area contributed by atoms with Gasteiger partial charge in [-0.15, -0.1) is 0 Å². The fourth-order valence-corrected chi connectivity index (χ4v) is 7.05. The van der Waals surface area contributed by atoms with Gasteiger partial charge in [-0.25, -0.2) is 8.42 Å². The number of nitrogens with zero attached hydrogens (tertiary/aromatic N) is 2. The van der Waals surface area contributed by atoms with Crippen molar-refractivity contribution in [1.29, 1.82) is 0 Å². The van der Waals surface area contributed by atoms with Gasteiger partial charge in [0.15, 0.2) is 11.5 Å². The Morgan fingerprint density at radius 3 is 2.62 bits per heavy atom. The zero-order chi connectivity index (χ0) is 25.6. The SMILES string of the molecule is O=C(Cc1cccc(-c2ccc(S(=O)(=O)N3CCC[C@@H]3CO)cc2)n1)C1(c2ccc3c(c2)OCO3)CC1.[HH]. The molecule has 3 aliphatic rings. The molecule has 1 aromatic heterocycles. The minimum absolute atomic E-state index is 0. The lowest BCUT2D eigenvalue weighted by atomic mass is 9.88. The van der Waals surface area contributed by atoms with Crippen molar-refractivity contribution in [3.8, 4) is 22.8 Å². The minimum atomic E-state index is -3.67. The number of ether oxygens (including phenoxy) is 2. The number of carbonyl (C=O) groups is 1. The molecule has 0 bridgehead atoms. The zero-order valence-electron chi connectivity index (χ0n) is 20.3. The number of rotatable bonds is 8. The van der Waals surface area contributed by atoms with Crippen molar-refractivity contribution in [2.24, 2.45) is 0 Å². The first-order valence-corrected chi connectivity index (χ1v) is 14.0. The van der Waals surface area contributed by atoms with Crippen molar-refractivity contribution in [3.05, 3.63) is 71.9 Å². The molecular weight excluding hydrogens is 492 g/mol. The topological polar surface area (TPSA) is 106 Å². The third-order valence-corrected chi connectivity index (χ3v) is 9.61. The van der Waals surface area contributed by atoms with E-state index < -0.39 is 15.4 Å². The molecule has 8 nitrogen and oxygen atoms in total. The summed E-state index contributed by atoms with van der Waals surface area (Å²) in [6.45, 7) is 0.439. The van der Waals surface area contributed by atoms with Crippen molar-refractivity contribution in [2.45, 2.75) is 48.5 Å². The first kappa shape index (κ1) is 24.1. The molecule has 6 rings (SSSR count). The van der Waals surface area contributed by atoms with Gasteiger partial charge in [0, 0.05) is 31.7 Å². The second kappa shape index (κ2) is 9.24. The Hall–Kier alpha value is -3.27.